The number of rotatable bonds is 5. The number of hydrogen-bond donors (Lipinski definition) is 0. The Morgan fingerprint density at radius 1 is 1.25 bits per heavy atom. The Morgan fingerprint density at radius 2 is 2.08 bits per heavy atom. The number of nitrogens with zero attached hydrogens (tertiary/aromatic N) is 2. The summed E-state index contributed by atoms with van der Waals surface area (Å²) in [6.45, 7) is 2.07. The molecule has 0 spiro atoms. The summed E-state index contributed by atoms with van der Waals surface area (Å²) < 4.78 is 25.6. The van der Waals surface area contributed by atoms with E-state index in [1.54, 1.807) is 6.07 Å². The summed E-state index contributed by atoms with van der Waals surface area (Å²) in [6, 6.07) is 8.27. The standard InChI is InChI=1S/C18H17FN2O3/c1-12-3-6-17-20-14(10-21(17)9-12)11-24-18(22)8-13-4-5-16(23-2)15(19)7-13/h3-7,9-10H,8,11H2,1-2H3. The van der Waals surface area contributed by atoms with Gasteiger partial charge in [0.2, 0.25) is 0 Å². The van der Waals surface area contributed by atoms with Gasteiger partial charge in [0.1, 0.15) is 12.3 Å². The third-order valence-electron chi connectivity index (χ3n) is 3.59. The number of methoxy groups -OCH3 is 1. The molecule has 24 heavy (non-hydrogen) atoms. The minimum atomic E-state index is -0.501. The number of fused-ring (bicyclic) bond motifs is 1. The highest BCUT2D eigenvalue weighted by Crippen LogP contribution is 2.18. The van der Waals surface area contributed by atoms with Crippen molar-refractivity contribution < 1.29 is 18.7 Å². The number of carbonyl (C=O) groups excluding carboxylic acids is 1. The topological polar surface area (TPSA) is 52.8 Å². The second kappa shape index (κ2) is 6.70. The molecule has 124 valence electrons. The fraction of sp³-hybridized carbons (Fsp3) is 0.222. The summed E-state index contributed by atoms with van der Waals surface area (Å²) in [5, 5.41) is 0. The van der Waals surface area contributed by atoms with Crippen LogP contribution in [0.15, 0.2) is 42.7 Å². The van der Waals surface area contributed by atoms with Crippen molar-refractivity contribution in [1.82, 2.24) is 9.38 Å². The molecule has 3 aromatic rings. The Balaban J connectivity index is 1.61. The third-order valence-corrected chi connectivity index (χ3v) is 3.59. The maximum atomic E-state index is 13.6. The van der Waals surface area contributed by atoms with Crippen LogP contribution < -0.4 is 4.74 Å². The second-order valence-corrected chi connectivity index (χ2v) is 5.51. The molecule has 0 saturated carbocycles. The maximum Gasteiger partial charge on any atom is 0.310 e. The zero-order valence-electron chi connectivity index (χ0n) is 13.5. The molecule has 0 aliphatic carbocycles. The SMILES string of the molecule is COc1ccc(CC(=O)OCc2cn3cc(C)ccc3n2)cc1F. The van der Waals surface area contributed by atoms with E-state index in [4.69, 9.17) is 9.47 Å². The number of benzene rings is 1. The Labute approximate surface area is 138 Å². The van der Waals surface area contributed by atoms with E-state index in [9.17, 15) is 9.18 Å². The zero-order chi connectivity index (χ0) is 17.1. The molecule has 0 radical (unpaired) electrons. The largest absolute Gasteiger partial charge is 0.494 e. The van der Waals surface area contributed by atoms with Crippen molar-refractivity contribution >= 4 is 11.6 Å². The van der Waals surface area contributed by atoms with E-state index in [2.05, 4.69) is 4.98 Å². The van der Waals surface area contributed by atoms with Crippen LogP contribution in [0.2, 0.25) is 0 Å². The molecule has 5 nitrogen and oxygen atoms in total. The van der Waals surface area contributed by atoms with Crippen LogP contribution in [0.1, 0.15) is 16.8 Å². The lowest BCUT2D eigenvalue weighted by atomic mass is 10.1. The van der Waals surface area contributed by atoms with Crippen LogP contribution in [-0.4, -0.2) is 22.5 Å². The van der Waals surface area contributed by atoms with Gasteiger partial charge in [0.05, 0.1) is 19.2 Å². The summed E-state index contributed by atoms with van der Waals surface area (Å²) in [6.07, 6.45) is 3.77. The molecule has 2 aromatic heterocycles. The molecule has 1 aromatic carbocycles. The van der Waals surface area contributed by atoms with E-state index in [1.807, 2.05) is 35.9 Å². The Hall–Kier alpha value is -2.89. The van der Waals surface area contributed by atoms with Crippen molar-refractivity contribution in [3.05, 3.63) is 65.4 Å². The highest BCUT2D eigenvalue weighted by Gasteiger charge is 2.10. The molecular weight excluding hydrogens is 311 g/mol. The molecule has 0 aliphatic rings. The Morgan fingerprint density at radius 3 is 2.83 bits per heavy atom. The number of halogens is 1. The Bertz CT molecular complexity index is 889. The predicted molar refractivity (Wildman–Crippen MR) is 86.4 cm³/mol. The molecule has 0 saturated heterocycles. The van der Waals surface area contributed by atoms with E-state index < -0.39 is 11.8 Å². The van der Waals surface area contributed by atoms with Gasteiger partial charge in [-0.1, -0.05) is 12.1 Å². The van der Waals surface area contributed by atoms with Crippen molar-refractivity contribution in [3.8, 4) is 5.75 Å². The predicted octanol–water partition coefficient (Wildman–Crippen LogP) is 3.08. The van der Waals surface area contributed by atoms with E-state index in [-0.39, 0.29) is 18.8 Å². The second-order valence-electron chi connectivity index (χ2n) is 5.51. The quantitative estimate of drug-likeness (QED) is 0.676. The lowest BCUT2D eigenvalue weighted by molar-refractivity contribution is -0.144. The first-order valence-corrected chi connectivity index (χ1v) is 7.47. The van der Waals surface area contributed by atoms with E-state index >= 15 is 0 Å². The highest BCUT2D eigenvalue weighted by atomic mass is 19.1. The minimum Gasteiger partial charge on any atom is -0.494 e. The molecule has 0 atom stereocenters. The van der Waals surface area contributed by atoms with Crippen LogP contribution in [-0.2, 0) is 22.6 Å². The zero-order valence-corrected chi connectivity index (χ0v) is 13.5. The van der Waals surface area contributed by atoms with Gasteiger partial charge in [0, 0.05) is 12.4 Å². The van der Waals surface area contributed by atoms with Gasteiger partial charge in [-0.15, -0.1) is 0 Å². The number of imidazole rings is 1. The monoisotopic (exact) mass is 328 g/mol. The normalized spacial score (nSPS) is 10.8. The van der Waals surface area contributed by atoms with E-state index in [1.165, 1.54) is 19.2 Å². The molecule has 0 N–H and O–H groups in total. The number of ether oxygens (including phenoxy) is 2. The van der Waals surface area contributed by atoms with Crippen molar-refractivity contribution in [3.63, 3.8) is 0 Å². The van der Waals surface area contributed by atoms with Gasteiger partial charge in [-0.3, -0.25) is 4.79 Å². The number of carbonyl (C=O) groups is 1. The fourth-order valence-corrected chi connectivity index (χ4v) is 2.42. The first kappa shape index (κ1) is 16.0. The molecule has 0 bridgehead atoms. The summed E-state index contributed by atoms with van der Waals surface area (Å²) in [5.74, 6) is -0.793. The highest BCUT2D eigenvalue weighted by molar-refractivity contribution is 5.72. The van der Waals surface area contributed by atoms with Gasteiger partial charge in [-0.25, -0.2) is 9.37 Å². The van der Waals surface area contributed by atoms with Crippen molar-refractivity contribution in [2.45, 2.75) is 20.0 Å². The molecule has 0 unspecified atom stereocenters. The first-order valence-electron chi connectivity index (χ1n) is 7.47. The molecular formula is C18H17FN2O3. The van der Waals surface area contributed by atoms with Gasteiger partial charge >= 0.3 is 5.97 Å². The molecule has 6 heteroatoms. The molecule has 0 amide bonds. The Kier molecular flexibility index (Phi) is 4.46. The van der Waals surface area contributed by atoms with Gasteiger partial charge in [-0.05, 0) is 36.2 Å². The molecule has 2 heterocycles. The number of aromatic nitrogens is 2. The number of esters is 1. The number of pyridine rings is 1. The number of hydrogen-bond acceptors (Lipinski definition) is 4. The molecule has 0 aliphatic heterocycles. The summed E-state index contributed by atoms with van der Waals surface area (Å²) >= 11 is 0. The molecule has 0 fully saturated rings. The van der Waals surface area contributed by atoms with Crippen LogP contribution in [0.3, 0.4) is 0 Å². The fourth-order valence-electron chi connectivity index (χ4n) is 2.42. The van der Waals surface area contributed by atoms with Gasteiger partial charge < -0.3 is 13.9 Å². The lowest BCUT2D eigenvalue weighted by Gasteiger charge is -2.05. The van der Waals surface area contributed by atoms with Crippen molar-refractivity contribution in [1.29, 1.82) is 0 Å². The van der Waals surface area contributed by atoms with E-state index in [0.717, 1.165) is 11.2 Å². The first-order chi connectivity index (χ1) is 11.5. The number of aryl methyl sites for hydroxylation is 1. The third kappa shape index (κ3) is 3.53. The average Bonchev–Trinajstić information content (AvgIpc) is 2.95. The molecule has 3 rings (SSSR count). The van der Waals surface area contributed by atoms with Crippen molar-refractivity contribution in [2.24, 2.45) is 0 Å². The average molecular weight is 328 g/mol. The van der Waals surface area contributed by atoms with Crippen LogP contribution in [0.5, 0.6) is 5.75 Å². The summed E-state index contributed by atoms with van der Waals surface area (Å²) in [7, 11) is 1.39. The van der Waals surface area contributed by atoms with Gasteiger partial charge in [-0.2, -0.15) is 0 Å². The summed E-state index contributed by atoms with van der Waals surface area (Å²) in [4.78, 5) is 16.3. The van der Waals surface area contributed by atoms with Crippen LogP contribution in [0.25, 0.3) is 5.65 Å². The van der Waals surface area contributed by atoms with Crippen LogP contribution >= 0.6 is 0 Å². The smallest absolute Gasteiger partial charge is 0.310 e. The van der Waals surface area contributed by atoms with Gasteiger partial charge in [0.25, 0.3) is 0 Å². The minimum absolute atomic E-state index is 0.00655. The maximum absolute atomic E-state index is 13.6. The lowest BCUT2D eigenvalue weighted by Crippen LogP contribution is -2.08. The van der Waals surface area contributed by atoms with Crippen LogP contribution in [0, 0.1) is 12.7 Å². The van der Waals surface area contributed by atoms with E-state index in [0.29, 0.717) is 11.3 Å². The van der Waals surface area contributed by atoms with Crippen LogP contribution in [0.4, 0.5) is 4.39 Å². The van der Waals surface area contributed by atoms with Gasteiger partial charge in [0.15, 0.2) is 11.6 Å². The van der Waals surface area contributed by atoms with Crippen molar-refractivity contribution in [2.75, 3.05) is 7.11 Å². The summed E-state index contributed by atoms with van der Waals surface area (Å²) in [5.41, 5.74) is 3.10.